The molecule has 232 valence electrons. The third kappa shape index (κ3) is 9.32. The fourth-order valence-corrected chi connectivity index (χ4v) is 3.56. The number of carbonyl (C=O) groups is 5. The first-order chi connectivity index (χ1) is 20.1. The first kappa shape index (κ1) is 36.2. The number of esters is 4. The summed E-state index contributed by atoms with van der Waals surface area (Å²) in [6, 6.07) is 4.65. The largest absolute Gasteiger partial charge is 0.465 e. The van der Waals surface area contributed by atoms with Gasteiger partial charge in [0.2, 0.25) is 0 Å². The van der Waals surface area contributed by atoms with Crippen molar-refractivity contribution in [2.75, 3.05) is 33.2 Å². The second kappa shape index (κ2) is 16.0. The molecular weight excluding hydrogens is 560 g/mol. The van der Waals surface area contributed by atoms with Gasteiger partial charge in [0, 0.05) is 12.6 Å². The number of hydrogen-bond acceptors (Lipinski definition) is 13. The van der Waals surface area contributed by atoms with E-state index in [1.807, 2.05) is 0 Å². The van der Waals surface area contributed by atoms with Gasteiger partial charge in [-0.15, -0.1) is 0 Å². The number of Topliss-reactive ketones (excluding diaryl/α,β-unsaturated/α-hetero) is 1. The van der Waals surface area contributed by atoms with Gasteiger partial charge in [-0.25, -0.2) is 9.59 Å². The number of carbonyl (C=O) groups excluding carboxylic acids is 5. The van der Waals surface area contributed by atoms with E-state index in [1.165, 1.54) is 38.7 Å². The van der Waals surface area contributed by atoms with Crippen molar-refractivity contribution in [2.24, 2.45) is 0 Å². The molecule has 0 saturated carbocycles. The van der Waals surface area contributed by atoms with Crippen LogP contribution < -0.4 is 5.73 Å². The SMILES string of the molecule is CCOC(=O)C(C)(C)c1cc(C(=O)OC)c(CC(=O)CC#N)cn1.CCOC(=O)C(C)(C)c1cc(C(=O)OC)c(N)cn1. The van der Waals surface area contributed by atoms with Crippen molar-refractivity contribution in [1.82, 2.24) is 9.97 Å². The Labute approximate surface area is 250 Å². The number of ether oxygens (including phenoxy) is 4. The molecule has 0 bridgehead atoms. The molecule has 2 aromatic rings. The number of methoxy groups -OCH3 is 2. The molecular formula is C30H38N4O9. The summed E-state index contributed by atoms with van der Waals surface area (Å²) in [6.07, 6.45) is 2.34. The van der Waals surface area contributed by atoms with E-state index < -0.39 is 34.7 Å². The van der Waals surface area contributed by atoms with Gasteiger partial charge in [-0.05, 0) is 59.2 Å². The summed E-state index contributed by atoms with van der Waals surface area (Å²) < 4.78 is 19.4. The van der Waals surface area contributed by atoms with Crippen LogP contribution in [0.25, 0.3) is 0 Å². The lowest BCUT2D eigenvalue weighted by atomic mass is 9.87. The quantitative estimate of drug-likeness (QED) is 0.293. The standard InChI is InChI=1S/C17H20N2O5.C13H18N2O4/c1-5-24-16(22)17(2,3)14-9-13(15(21)23-4)11(10-19-14)8-12(20)6-7-18;1-5-19-12(17)13(2,3)10-6-8(11(16)18-4)9(14)7-15-10/h9-10H,5-6,8H2,1-4H3;6-7H,5,14H2,1-4H3. The van der Waals surface area contributed by atoms with Crippen molar-refractivity contribution in [3.63, 3.8) is 0 Å². The number of nitrogens with two attached hydrogens (primary N) is 1. The molecule has 0 atom stereocenters. The van der Waals surface area contributed by atoms with Gasteiger partial charge in [-0.1, -0.05) is 0 Å². The van der Waals surface area contributed by atoms with Gasteiger partial charge in [0.1, 0.15) is 10.8 Å². The van der Waals surface area contributed by atoms with Crippen LogP contribution >= 0.6 is 0 Å². The minimum absolute atomic E-state index is 0.106. The van der Waals surface area contributed by atoms with Gasteiger partial charge < -0.3 is 24.7 Å². The van der Waals surface area contributed by atoms with Gasteiger partial charge in [0.15, 0.2) is 5.78 Å². The van der Waals surface area contributed by atoms with Gasteiger partial charge >= 0.3 is 23.9 Å². The number of nitrogens with zero attached hydrogens (tertiary/aromatic N) is 3. The number of aromatic nitrogens is 2. The van der Waals surface area contributed by atoms with E-state index in [9.17, 15) is 24.0 Å². The fraction of sp³-hybridized carbons (Fsp3) is 0.467. The highest BCUT2D eigenvalue weighted by atomic mass is 16.5. The lowest BCUT2D eigenvalue weighted by molar-refractivity contribution is -0.149. The first-order valence-corrected chi connectivity index (χ1v) is 13.3. The van der Waals surface area contributed by atoms with Crippen LogP contribution in [0.2, 0.25) is 0 Å². The molecule has 0 fully saturated rings. The minimum atomic E-state index is -1.06. The summed E-state index contributed by atoms with van der Waals surface area (Å²) in [5.41, 5.74) is 5.26. The Hall–Kier alpha value is -4.86. The number of nitriles is 1. The van der Waals surface area contributed by atoms with Crippen molar-refractivity contribution >= 4 is 35.3 Å². The van der Waals surface area contributed by atoms with Crippen LogP contribution in [-0.4, -0.2) is 67.1 Å². The molecule has 0 spiro atoms. The Balaban J connectivity index is 0.000000442. The number of pyridine rings is 2. The van der Waals surface area contributed by atoms with E-state index in [1.54, 1.807) is 47.6 Å². The summed E-state index contributed by atoms with van der Waals surface area (Å²) in [7, 11) is 2.48. The van der Waals surface area contributed by atoms with Crippen molar-refractivity contribution in [3.8, 4) is 6.07 Å². The third-order valence-electron chi connectivity index (χ3n) is 6.25. The van der Waals surface area contributed by atoms with E-state index in [0.29, 0.717) is 17.0 Å². The van der Waals surface area contributed by atoms with Crippen LogP contribution in [-0.2, 0) is 50.6 Å². The molecule has 0 amide bonds. The van der Waals surface area contributed by atoms with Crippen LogP contribution in [0.5, 0.6) is 0 Å². The third-order valence-corrected chi connectivity index (χ3v) is 6.25. The first-order valence-electron chi connectivity index (χ1n) is 13.3. The van der Waals surface area contributed by atoms with E-state index in [-0.39, 0.29) is 48.7 Å². The summed E-state index contributed by atoms with van der Waals surface area (Å²) in [5, 5.41) is 8.57. The normalized spacial score (nSPS) is 10.8. The molecule has 0 radical (unpaired) electrons. The summed E-state index contributed by atoms with van der Waals surface area (Å²) in [5.74, 6) is -2.43. The second-order valence-electron chi connectivity index (χ2n) is 10.1. The van der Waals surface area contributed by atoms with E-state index in [4.69, 9.17) is 25.2 Å². The van der Waals surface area contributed by atoms with Gasteiger partial charge in [0.05, 0.1) is 74.3 Å². The van der Waals surface area contributed by atoms with E-state index in [2.05, 4.69) is 14.7 Å². The molecule has 43 heavy (non-hydrogen) atoms. The van der Waals surface area contributed by atoms with Crippen molar-refractivity contribution in [1.29, 1.82) is 5.26 Å². The summed E-state index contributed by atoms with van der Waals surface area (Å²) >= 11 is 0. The van der Waals surface area contributed by atoms with Crippen LogP contribution in [0.4, 0.5) is 5.69 Å². The van der Waals surface area contributed by atoms with Crippen molar-refractivity contribution in [3.05, 3.63) is 52.6 Å². The molecule has 0 aliphatic carbocycles. The maximum Gasteiger partial charge on any atom is 0.340 e. The molecule has 2 rings (SSSR count). The van der Waals surface area contributed by atoms with Crippen LogP contribution in [0.3, 0.4) is 0 Å². The molecule has 0 aliphatic heterocycles. The molecule has 2 aromatic heterocycles. The minimum Gasteiger partial charge on any atom is -0.465 e. The maximum absolute atomic E-state index is 12.1. The topological polar surface area (TPSA) is 198 Å². The highest BCUT2D eigenvalue weighted by Gasteiger charge is 2.35. The lowest BCUT2D eigenvalue weighted by Gasteiger charge is -2.22. The number of rotatable bonds is 11. The Morgan fingerprint density at radius 3 is 1.70 bits per heavy atom. The molecule has 0 unspecified atom stereocenters. The van der Waals surface area contributed by atoms with Crippen molar-refractivity contribution < 1.29 is 42.9 Å². The predicted octanol–water partition coefficient (Wildman–Crippen LogP) is 3.03. The smallest absolute Gasteiger partial charge is 0.340 e. The molecule has 2 N–H and O–H groups in total. The Morgan fingerprint density at radius 2 is 1.26 bits per heavy atom. The zero-order valence-electron chi connectivity index (χ0n) is 25.7. The molecule has 0 aromatic carbocycles. The molecule has 0 saturated heterocycles. The Morgan fingerprint density at radius 1 is 0.814 bits per heavy atom. The van der Waals surface area contributed by atoms with Crippen molar-refractivity contribution in [2.45, 2.75) is 65.2 Å². The highest BCUT2D eigenvalue weighted by Crippen LogP contribution is 2.27. The second-order valence-corrected chi connectivity index (χ2v) is 10.1. The molecule has 0 aliphatic rings. The number of nitrogen functional groups attached to an aromatic ring is 1. The average molecular weight is 599 g/mol. The Bertz CT molecular complexity index is 1390. The Kier molecular flexibility index (Phi) is 13.4. The number of hydrogen-bond donors (Lipinski definition) is 1. The zero-order chi connectivity index (χ0) is 33.0. The highest BCUT2D eigenvalue weighted by molar-refractivity contribution is 5.96. The van der Waals surface area contributed by atoms with E-state index in [0.717, 1.165) is 0 Å². The van der Waals surface area contributed by atoms with Crippen LogP contribution in [0, 0.1) is 11.3 Å². The van der Waals surface area contributed by atoms with Crippen LogP contribution in [0.1, 0.15) is 85.6 Å². The maximum atomic E-state index is 12.1. The zero-order valence-corrected chi connectivity index (χ0v) is 25.7. The molecule has 2 heterocycles. The van der Waals surface area contributed by atoms with Gasteiger partial charge in [-0.2, -0.15) is 5.26 Å². The van der Waals surface area contributed by atoms with Gasteiger partial charge in [0.25, 0.3) is 0 Å². The molecule has 13 nitrogen and oxygen atoms in total. The summed E-state index contributed by atoms with van der Waals surface area (Å²) in [6.45, 7) is 10.5. The van der Waals surface area contributed by atoms with E-state index >= 15 is 0 Å². The molecule has 13 heteroatoms. The summed E-state index contributed by atoms with van der Waals surface area (Å²) in [4.78, 5) is 67.5. The van der Waals surface area contributed by atoms with Crippen LogP contribution in [0.15, 0.2) is 24.5 Å². The fourth-order valence-electron chi connectivity index (χ4n) is 3.56. The number of anilines is 1. The predicted molar refractivity (Wildman–Crippen MR) is 154 cm³/mol. The lowest BCUT2D eigenvalue weighted by Crippen LogP contribution is -2.32. The monoisotopic (exact) mass is 598 g/mol. The van der Waals surface area contributed by atoms with Gasteiger partial charge in [-0.3, -0.25) is 24.4 Å². The average Bonchev–Trinajstić information content (AvgIpc) is 2.97. The number of ketones is 1.